The van der Waals surface area contributed by atoms with Gasteiger partial charge in [0.2, 0.25) is 0 Å². The molecule has 0 aliphatic rings. The number of carbonyl (C=O) groups is 1. The highest BCUT2D eigenvalue weighted by Crippen LogP contribution is 2.31. The van der Waals surface area contributed by atoms with Crippen molar-refractivity contribution in [2.24, 2.45) is 5.92 Å². The lowest BCUT2D eigenvalue weighted by Gasteiger charge is -2.20. The molecular weight excluding hydrogens is 261 g/mol. The van der Waals surface area contributed by atoms with Crippen molar-refractivity contribution in [1.29, 1.82) is 0 Å². The first-order valence-electron chi connectivity index (χ1n) is 5.74. The maximum Gasteiger partial charge on any atom is 0.416 e. The number of aliphatic hydroxyl groups excluding tert-OH is 1. The number of methoxy groups -OCH3 is 1. The van der Waals surface area contributed by atoms with Gasteiger partial charge in [0.25, 0.3) is 0 Å². The number of aliphatic hydroxyl groups is 1. The molecule has 6 heteroatoms. The van der Waals surface area contributed by atoms with Crippen LogP contribution in [0, 0.1) is 5.92 Å². The second kappa shape index (κ2) is 6.06. The second-order valence-electron chi connectivity index (χ2n) is 4.10. The lowest BCUT2D eigenvalue weighted by molar-refractivity contribution is -0.150. The number of carbonyl (C=O) groups excluding carboxylic acids is 1. The third-order valence-electron chi connectivity index (χ3n) is 2.90. The monoisotopic (exact) mass is 276 g/mol. The van der Waals surface area contributed by atoms with E-state index in [4.69, 9.17) is 0 Å². The number of hydrogen-bond donors (Lipinski definition) is 1. The maximum absolute atomic E-state index is 12.4. The molecule has 106 valence electrons. The quantitative estimate of drug-likeness (QED) is 0.860. The Kier molecular flexibility index (Phi) is 4.94. The predicted molar refractivity (Wildman–Crippen MR) is 62.2 cm³/mol. The summed E-state index contributed by atoms with van der Waals surface area (Å²) in [6.45, 7) is 1.69. The molecule has 0 saturated heterocycles. The summed E-state index contributed by atoms with van der Waals surface area (Å²) in [6, 6.07) is 4.09. The fourth-order valence-electron chi connectivity index (χ4n) is 1.77. The van der Waals surface area contributed by atoms with Crippen LogP contribution in [-0.4, -0.2) is 18.2 Å². The molecule has 1 aromatic carbocycles. The molecule has 0 amide bonds. The minimum absolute atomic E-state index is 0.255. The first-order chi connectivity index (χ1) is 8.81. The fourth-order valence-corrected chi connectivity index (χ4v) is 1.77. The van der Waals surface area contributed by atoms with Gasteiger partial charge in [0, 0.05) is 0 Å². The Bertz CT molecular complexity index is 426. The number of alkyl halides is 3. The molecule has 1 rings (SSSR count). The number of esters is 1. The van der Waals surface area contributed by atoms with E-state index in [1.807, 2.05) is 0 Å². The summed E-state index contributed by atoms with van der Waals surface area (Å²) in [5.41, 5.74) is -0.542. The molecule has 0 spiro atoms. The second-order valence-corrected chi connectivity index (χ2v) is 4.10. The first kappa shape index (κ1) is 15.5. The molecule has 0 aromatic heterocycles. The third kappa shape index (κ3) is 3.70. The minimum Gasteiger partial charge on any atom is -0.469 e. The molecule has 0 fully saturated rings. The molecule has 3 nitrogen and oxygen atoms in total. The van der Waals surface area contributed by atoms with Crippen molar-refractivity contribution in [3.8, 4) is 0 Å². The van der Waals surface area contributed by atoms with Gasteiger partial charge in [-0.05, 0) is 24.1 Å². The van der Waals surface area contributed by atoms with E-state index in [9.17, 15) is 23.1 Å². The van der Waals surface area contributed by atoms with Crippen LogP contribution < -0.4 is 0 Å². The Morgan fingerprint density at radius 3 is 2.21 bits per heavy atom. The molecule has 2 unspecified atom stereocenters. The van der Waals surface area contributed by atoms with E-state index in [0.29, 0.717) is 6.42 Å². The van der Waals surface area contributed by atoms with E-state index in [-0.39, 0.29) is 5.56 Å². The summed E-state index contributed by atoms with van der Waals surface area (Å²) in [4.78, 5) is 11.4. The van der Waals surface area contributed by atoms with Crippen molar-refractivity contribution in [2.75, 3.05) is 7.11 Å². The van der Waals surface area contributed by atoms with E-state index in [0.717, 1.165) is 12.1 Å². The van der Waals surface area contributed by atoms with Crippen LogP contribution in [0.25, 0.3) is 0 Å². The number of hydrogen-bond acceptors (Lipinski definition) is 3. The molecular formula is C13H15F3O3. The lowest BCUT2D eigenvalue weighted by Crippen LogP contribution is -2.23. The van der Waals surface area contributed by atoms with Crippen LogP contribution in [0.15, 0.2) is 24.3 Å². The smallest absolute Gasteiger partial charge is 0.416 e. The Morgan fingerprint density at radius 1 is 1.32 bits per heavy atom. The Balaban J connectivity index is 2.94. The Morgan fingerprint density at radius 2 is 1.84 bits per heavy atom. The number of ether oxygens (including phenoxy) is 1. The van der Waals surface area contributed by atoms with Gasteiger partial charge in [-0.3, -0.25) is 4.79 Å². The van der Waals surface area contributed by atoms with E-state index in [1.54, 1.807) is 6.92 Å². The summed E-state index contributed by atoms with van der Waals surface area (Å²) in [5.74, 6) is -1.38. The summed E-state index contributed by atoms with van der Waals surface area (Å²) >= 11 is 0. The van der Waals surface area contributed by atoms with Gasteiger partial charge in [-0.2, -0.15) is 13.2 Å². The predicted octanol–water partition coefficient (Wildman–Crippen LogP) is 2.94. The van der Waals surface area contributed by atoms with E-state index < -0.39 is 29.7 Å². The fraction of sp³-hybridized carbons (Fsp3) is 0.462. The highest BCUT2D eigenvalue weighted by atomic mass is 19.4. The van der Waals surface area contributed by atoms with Crippen LogP contribution in [-0.2, 0) is 15.7 Å². The van der Waals surface area contributed by atoms with E-state index >= 15 is 0 Å². The van der Waals surface area contributed by atoms with Crippen molar-refractivity contribution >= 4 is 5.97 Å². The molecule has 2 atom stereocenters. The van der Waals surface area contributed by atoms with Gasteiger partial charge in [-0.25, -0.2) is 0 Å². The summed E-state index contributed by atoms with van der Waals surface area (Å²) in [5, 5.41) is 9.99. The molecule has 0 saturated carbocycles. The van der Waals surface area contributed by atoms with Crippen LogP contribution in [0.4, 0.5) is 13.2 Å². The maximum atomic E-state index is 12.4. The van der Waals surface area contributed by atoms with Gasteiger partial charge < -0.3 is 9.84 Å². The van der Waals surface area contributed by atoms with Gasteiger partial charge in [-0.15, -0.1) is 0 Å². The molecule has 0 bridgehead atoms. The van der Waals surface area contributed by atoms with Gasteiger partial charge in [-0.1, -0.05) is 19.1 Å². The first-order valence-corrected chi connectivity index (χ1v) is 5.74. The van der Waals surface area contributed by atoms with Crippen molar-refractivity contribution in [2.45, 2.75) is 25.6 Å². The zero-order valence-corrected chi connectivity index (χ0v) is 10.6. The summed E-state index contributed by atoms with van der Waals surface area (Å²) < 4.78 is 41.7. The Labute approximate surface area is 109 Å². The highest BCUT2D eigenvalue weighted by Gasteiger charge is 2.31. The van der Waals surface area contributed by atoms with Gasteiger partial charge in [0.15, 0.2) is 0 Å². The molecule has 19 heavy (non-hydrogen) atoms. The molecule has 0 aliphatic heterocycles. The minimum atomic E-state index is -4.42. The van der Waals surface area contributed by atoms with E-state index in [2.05, 4.69) is 4.74 Å². The molecule has 0 radical (unpaired) electrons. The zero-order chi connectivity index (χ0) is 14.6. The van der Waals surface area contributed by atoms with Gasteiger partial charge in [0.05, 0.1) is 24.7 Å². The van der Waals surface area contributed by atoms with Crippen LogP contribution in [0.5, 0.6) is 0 Å². The molecule has 1 N–H and O–H groups in total. The average Bonchev–Trinajstić information content (AvgIpc) is 2.38. The number of halogens is 3. The zero-order valence-electron chi connectivity index (χ0n) is 10.6. The van der Waals surface area contributed by atoms with Crippen LogP contribution >= 0.6 is 0 Å². The molecule has 0 aliphatic carbocycles. The van der Waals surface area contributed by atoms with Crippen molar-refractivity contribution in [3.63, 3.8) is 0 Å². The molecule has 0 heterocycles. The number of rotatable bonds is 4. The normalized spacial score (nSPS) is 14.8. The SMILES string of the molecule is CCC(C(=O)OC)C(O)c1ccc(C(F)(F)F)cc1. The number of benzene rings is 1. The average molecular weight is 276 g/mol. The van der Waals surface area contributed by atoms with Crippen LogP contribution in [0.3, 0.4) is 0 Å². The van der Waals surface area contributed by atoms with Gasteiger partial charge in [0.1, 0.15) is 0 Å². The van der Waals surface area contributed by atoms with E-state index in [1.165, 1.54) is 19.2 Å². The highest BCUT2D eigenvalue weighted by molar-refractivity contribution is 5.73. The molecule has 1 aromatic rings. The summed E-state index contributed by atoms with van der Waals surface area (Å²) in [6.07, 6.45) is -5.27. The van der Waals surface area contributed by atoms with Crippen LogP contribution in [0.2, 0.25) is 0 Å². The van der Waals surface area contributed by atoms with Crippen molar-refractivity contribution < 1.29 is 27.8 Å². The third-order valence-corrected chi connectivity index (χ3v) is 2.90. The topological polar surface area (TPSA) is 46.5 Å². The Hall–Kier alpha value is -1.56. The van der Waals surface area contributed by atoms with Crippen molar-refractivity contribution in [3.05, 3.63) is 35.4 Å². The summed E-state index contributed by atoms with van der Waals surface area (Å²) in [7, 11) is 1.20. The van der Waals surface area contributed by atoms with Crippen LogP contribution in [0.1, 0.15) is 30.6 Å². The lowest BCUT2D eigenvalue weighted by atomic mass is 9.93. The standard InChI is InChI=1S/C13H15F3O3/c1-3-10(12(18)19-2)11(17)8-4-6-9(7-5-8)13(14,15)16/h4-7,10-11,17H,3H2,1-2H3. The van der Waals surface area contributed by atoms with Gasteiger partial charge >= 0.3 is 12.1 Å². The van der Waals surface area contributed by atoms with Crippen molar-refractivity contribution in [1.82, 2.24) is 0 Å². The largest absolute Gasteiger partial charge is 0.469 e.